The van der Waals surface area contributed by atoms with Gasteiger partial charge in [0.1, 0.15) is 11.6 Å². The number of anilines is 1. The molecule has 1 aromatic heterocycles. The van der Waals surface area contributed by atoms with E-state index in [1.165, 1.54) is 28.6 Å². The van der Waals surface area contributed by atoms with Crippen LogP contribution in [0, 0.1) is 5.82 Å². The summed E-state index contributed by atoms with van der Waals surface area (Å²) in [4.78, 5) is 12.6. The fraction of sp³-hybridized carbons (Fsp3) is 0.211. The normalized spacial score (nSPS) is 11.8. The van der Waals surface area contributed by atoms with E-state index in [0.717, 1.165) is 0 Å². The highest BCUT2D eigenvalue weighted by molar-refractivity contribution is 8.00. The summed E-state index contributed by atoms with van der Waals surface area (Å²) in [5, 5.41) is 10.8. The summed E-state index contributed by atoms with van der Waals surface area (Å²) in [5.74, 6) is 6.49. The second kappa shape index (κ2) is 8.75. The van der Waals surface area contributed by atoms with E-state index in [9.17, 15) is 9.18 Å². The number of carbonyl (C=O) groups is 1. The molecule has 0 aliphatic carbocycles. The quantitative estimate of drug-likeness (QED) is 0.466. The molecule has 0 saturated carbocycles. The molecule has 3 N–H and O–H groups in total. The first-order chi connectivity index (χ1) is 13.5. The second-order valence-corrected chi connectivity index (χ2v) is 7.17. The Morgan fingerprint density at radius 1 is 1.25 bits per heavy atom. The van der Waals surface area contributed by atoms with Crippen molar-refractivity contribution < 1.29 is 13.9 Å². The topological polar surface area (TPSA) is 95.1 Å². The van der Waals surface area contributed by atoms with Crippen molar-refractivity contribution in [2.45, 2.75) is 24.3 Å². The summed E-state index contributed by atoms with van der Waals surface area (Å²) < 4.78 is 19.9. The van der Waals surface area contributed by atoms with Crippen LogP contribution in [-0.2, 0) is 4.79 Å². The van der Waals surface area contributed by atoms with Gasteiger partial charge in [0.2, 0.25) is 11.1 Å². The molecule has 1 amide bonds. The number of nitrogens with zero attached hydrogens (tertiary/aromatic N) is 3. The molecule has 1 atom stereocenters. The van der Waals surface area contributed by atoms with E-state index >= 15 is 0 Å². The zero-order valence-corrected chi connectivity index (χ0v) is 16.2. The Hall–Kier alpha value is -3.07. The number of ether oxygens (including phenoxy) is 1. The molecule has 3 aromatic rings. The SMILES string of the molecule is CCOc1ccccc1NC(=O)[C@@H](C)Sc1nnc(-c2ccc(F)cc2)n1N. The summed E-state index contributed by atoms with van der Waals surface area (Å²) in [7, 11) is 0. The summed E-state index contributed by atoms with van der Waals surface area (Å²) in [6.07, 6.45) is 0. The molecule has 0 aliphatic rings. The maximum Gasteiger partial charge on any atom is 0.237 e. The van der Waals surface area contributed by atoms with Crippen LogP contribution < -0.4 is 15.9 Å². The predicted molar refractivity (Wildman–Crippen MR) is 107 cm³/mol. The van der Waals surface area contributed by atoms with E-state index in [-0.39, 0.29) is 11.7 Å². The first kappa shape index (κ1) is 19.7. The molecule has 0 aliphatic heterocycles. The van der Waals surface area contributed by atoms with Gasteiger partial charge in [0.15, 0.2) is 5.82 Å². The maximum atomic E-state index is 13.1. The lowest BCUT2D eigenvalue weighted by atomic mass is 10.2. The van der Waals surface area contributed by atoms with Gasteiger partial charge >= 0.3 is 0 Å². The van der Waals surface area contributed by atoms with Gasteiger partial charge in [0.05, 0.1) is 17.5 Å². The number of rotatable bonds is 7. The third-order valence-corrected chi connectivity index (χ3v) is 4.92. The van der Waals surface area contributed by atoms with Gasteiger partial charge in [-0.15, -0.1) is 10.2 Å². The number of nitrogen functional groups attached to an aromatic ring is 1. The average molecular weight is 401 g/mol. The molecule has 0 bridgehead atoms. The van der Waals surface area contributed by atoms with E-state index in [1.54, 1.807) is 31.2 Å². The van der Waals surface area contributed by atoms with Gasteiger partial charge in [-0.1, -0.05) is 23.9 Å². The van der Waals surface area contributed by atoms with Crippen LogP contribution in [0.25, 0.3) is 11.4 Å². The fourth-order valence-electron chi connectivity index (χ4n) is 2.45. The third kappa shape index (κ3) is 4.42. The lowest BCUT2D eigenvalue weighted by molar-refractivity contribution is -0.115. The molecule has 1 heterocycles. The van der Waals surface area contributed by atoms with E-state index in [4.69, 9.17) is 10.6 Å². The number of nitrogens with two attached hydrogens (primary N) is 1. The van der Waals surface area contributed by atoms with Crippen LogP contribution in [0.2, 0.25) is 0 Å². The maximum absolute atomic E-state index is 13.1. The molecule has 7 nitrogen and oxygen atoms in total. The molecule has 146 valence electrons. The number of amides is 1. The molecule has 28 heavy (non-hydrogen) atoms. The number of benzene rings is 2. The van der Waals surface area contributed by atoms with Crippen LogP contribution in [0.1, 0.15) is 13.8 Å². The van der Waals surface area contributed by atoms with Crippen LogP contribution in [-0.4, -0.2) is 32.6 Å². The highest BCUT2D eigenvalue weighted by Gasteiger charge is 2.21. The molecule has 0 saturated heterocycles. The summed E-state index contributed by atoms with van der Waals surface area (Å²) >= 11 is 1.17. The van der Waals surface area contributed by atoms with Crippen molar-refractivity contribution in [3.8, 4) is 17.1 Å². The van der Waals surface area contributed by atoms with Crippen LogP contribution in [0.15, 0.2) is 53.7 Å². The van der Waals surface area contributed by atoms with Gasteiger partial charge in [-0.2, -0.15) is 0 Å². The van der Waals surface area contributed by atoms with Crippen molar-refractivity contribution in [2.24, 2.45) is 0 Å². The Bertz CT molecular complexity index is 961. The Morgan fingerprint density at radius 2 is 1.96 bits per heavy atom. The van der Waals surface area contributed by atoms with Crippen molar-refractivity contribution >= 4 is 23.4 Å². The first-order valence-electron chi connectivity index (χ1n) is 8.65. The zero-order valence-electron chi connectivity index (χ0n) is 15.4. The number of para-hydroxylation sites is 2. The molecule has 3 rings (SSSR count). The smallest absolute Gasteiger partial charge is 0.237 e. The van der Waals surface area contributed by atoms with Gasteiger partial charge in [-0.3, -0.25) is 4.79 Å². The highest BCUT2D eigenvalue weighted by atomic mass is 32.2. The zero-order chi connectivity index (χ0) is 20.1. The lowest BCUT2D eigenvalue weighted by Crippen LogP contribution is -2.24. The minimum Gasteiger partial charge on any atom is -0.492 e. The predicted octanol–water partition coefficient (Wildman–Crippen LogP) is 3.32. The number of hydrogen-bond acceptors (Lipinski definition) is 6. The number of aromatic nitrogens is 3. The number of thioether (sulfide) groups is 1. The Labute approximate surface area is 166 Å². The van der Waals surface area contributed by atoms with Crippen molar-refractivity contribution in [3.05, 3.63) is 54.3 Å². The molecular weight excluding hydrogens is 381 g/mol. The standard InChI is InChI=1S/C19H20FN5O2S/c1-3-27-16-7-5-4-6-15(16)22-18(26)12(2)28-19-24-23-17(25(19)21)13-8-10-14(20)11-9-13/h4-12H,3,21H2,1-2H3,(H,22,26)/t12-/m1/s1. The number of hydrogen-bond donors (Lipinski definition) is 2. The van der Waals surface area contributed by atoms with Crippen LogP contribution in [0.4, 0.5) is 10.1 Å². The summed E-state index contributed by atoms with van der Waals surface area (Å²) in [5.41, 5.74) is 1.23. The Morgan fingerprint density at radius 3 is 2.68 bits per heavy atom. The van der Waals surface area contributed by atoms with Crippen molar-refractivity contribution in [3.63, 3.8) is 0 Å². The van der Waals surface area contributed by atoms with E-state index in [1.807, 2.05) is 19.1 Å². The van der Waals surface area contributed by atoms with Crippen molar-refractivity contribution in [1.82, 2.24) is 14.9 Å². The molecule has 0 unspecified atom stereocenters. The van der Waals surface area contributed by atoms with Gasteiger partial charge in [-0.05, 0) is 50.2 Å². The number of nitrogens with one attached hydrogen (secondary N) is 1. The van der Waals surface area contributed by atoms with Crippen LogP contribution >= 0.6 is 11.8 Å². The second-order valence-electron chi connectivity index (χ2n) is 5.86. The van der Waals surface area contributed by atoms with Crippen LogP contribution in [0.5, 0.6) is 5.75 Å². The number of carbonyl (C=O) groups excluding carboxylic acids is 1. The Balaban J connectivity index is 1.70. The molecule has 0 radical (unpaired) electrons. The van der Waals surface area contributed by atoms with Crippen molar-refractivity contribution in [2.75, 3.05) is 17.8 Å². The Kier molecular flexibility index (Phi) is 6.15. The monoisotopic (exact) mass is 401 g/mol. The third-order valence-electron chi connectivity index (χ3n) is 3.86. The van der Waals surface area contributed by atoms with Gasteiger partial charge in [-0.25, -0.2) is 9.07 Å². The molecule has 2 aromatic carbocycles. The summed E-state index contributed by atoms with van der Waals surface area (Å²) in [6.45, 7) is 4.12. The highest BCUT2D eigenvalue weighted by Crippen LogP contribution is 2.28. The fourth-order valence-corrected chi connectivity index (χ4v) is 3.22. The van der Waals surface area contributed by atoms with Gasteiger partial charge in [0.25, 0.3) is 0 Å². The molecule has 0 fully saturated rings. The largest absolute Gasteiger partial charge is 0.492 e. The minimum atomic E-state index is -0.484. The van der Waals surface area contributed by atoms with E-state index < -0.39 is 5.25 Å². The van der Waals surface area contributed by atoms with E-state index in [2.05, 4.69) is 15.5 Å². The first-order valence-corrected chi connectivity index (χ1v) is 9.53. The van der Waals surface area contributed by atoms with Gasteiger partial charge < -0.3 is 15.9 Å². The summed E-state index contributed by atoms with van der Waals surface area (Å²) in [6, 6.07) is 13.0. The minimum absolute atomic E-state index is 0.219. The number of halogens is 1. The molecule has 0 spiro atoms. The molecular formula is C19H20FN5O2S. The molecule has 9 heteroatoms. The van der Waals surface area contributed by atoms with Crippen molar-refractivity contribution in [1.29, 1.82) is 0 Å². The lowest BCUT2D eigenvalue weighted by Gasteiger charge is -2.14. The average Bonchev–Trinajstić information content (AvgIpc) is 3.04. The van der Waals surface area contributed by atoms with Gasteiger partial charge in [0, 0.05) is 5.56 Å². The van der Waals surface area contributed by atoms with E-state index in [0.29, 0.717) is 34.6 Å². The van der Waals surface area contributed by atoms with Crippen LogP contribution in [0.3, 0.4) is 0 Å².